The molecule has 4 heterocycles. The topological polar surface area (TPSA) is 70.7 Å². The Labute approximate surface area is 186 Å². The summed E-state index contributed by atoms with van der Waals surface area (Å²) in [6.45, 7) is -0.669. The maximum Gasteiger partial charge on any atom is 0.387 e. The minimum atomic E-state index is -2.93. The van der Waals surface area contributed by atoms with Crippen molar-refractivity contribution >= 4 is 16.7 Å². The smallest absolute Gasteiger partial charge is 0.387 e. The predicted molar refractivity (Wildman–Crippen MR) is 119 cm³/mol. The first-order valence-electron chi connectivity index (χ1n) is 10.2. The number of nitrogens with zero attached hydrogens (tertiary/aromatic N) is 4. The molecular weight excluding hydrogens is 430 g/mol. The average Bonchev–Trinajstić information content (AvgIpc) is 3.27. The summed E-state index contributed by atoms with van der Waals surface area (Å²) in [7, 11) is 0. The van der Waals surface area contributed by atoms with Crippen LogP contribution in [-0.2, 0) is 0 Å². The maximum absolute atomic E-state index is 13.7. The molecule has 0 saturated carbocycles. The van der Waals surface area contributed by atoms with E-state index in [1.807, 2.05) is 35.7 Å². The van der Waals surface area contributed by atoms with Gasteiger partial charge in [-0.1, -0.05) is 0 Å². The van der Waals surface area contributed by atoms with Crippen LogP contribution in [0.1, 0.15) is 6.92 Å². The van der Waals surface area contributed by atoms with Gasteiger partial charge in [0.25, 0.3) is 5.56 Å². The Morgan fingerprint density at radius 1 is 1.06 bits per heavy atom. The van der Waals surface area contributed by atoms with Gasteiger partial charge in [-0.2, -0.15) is 13.8 Å². The molecule has 166 valence electrons. The molecule has 7 nitrogen and oxygen atoms in total. The van der Waals surface area contributed by atoms with Gasteiger partial charge in [-0.05, 0) is 55.5 Å². The SMILES string of the molecule is CCOc1ccc2cc(-c3ccc4nccn4c3)c(=O)n(-c3ccc(OC(F)F)cc3)c2n1. The molecule has 0 aliphatic heterocycles. The summed E-state index contributed by atoms with van der Waals surface area (Å²) in [5.74, 6) is 0.374. The molecule has 9 heteroatoms. The second-order valence-electron chi connectivity index (χ2n) is 7.18. The minimum absolute atomic E-state index is 0.00390. The number of rotatable bonds is 6. The fourth-order valence-electron chi connectivity index (χ4n) is 3.70. The summed E-state index contributed by atoms with van der Waals surface area (Å²) in [6, 6.07) is 14.9. The number of aromatic nitrogens is 4. The summed E-state index contributed by atoms with van der Waals surface area (Å²) >= 11 is 0. The van der Waals surface area contributed by atoms with Gasteiger partial charge in [-0.25, -0.2) is 4.98 Å². The van der Waals surface area contributed by atoms with E-state index in [2.05, 4.69) is 14.7 Å². The van der Waals surface area contributed by atoms with Gasteiger partial charge in [0.15, 0.2) is 5.65 Å². The van der Waals surface area contributed by atoms with Crippen LogP contribution in [-0.4, -0.2) is 32.2 Å². The van der Waals surface area contributed by atoms with Crippen LogP contribution in [0.5, 0.6) is 11.6 Å². The average molecular weight is 448 g/mol. The Kier molecular flexibility index (Phi) is 5.21. The van der Waals surface area contributed by atoms with Crippen LogP contribution < -0.4 is 15.0 Å². The lowest BCUT2D eigenvalue weighted by atomic mass is 10.1. The number of halogens is 2. The zero-order chi connectivity index (χ0) is 22.9. The Bertz CT molecular complexity index is 1510. The van der Waals surface area contributed by atoms with E-state index in [4.69, 9.17) is 4.74 Å². The minimum Gasteiger partial charge on any atom is -0.478 e. The van der Waals surface area contributed by atoms with E-state index in [1.165, 1.54) is 28.8 Å². The third kappa shape index (κ3) is 3.89. The van der Waals surface area contributed by atoms with E-state index >= 15 is 0 Å². The van der Waals surface area contributed by atoms with Crippen molar-refractivity contribution in [2.24, 2.45) is 0 Å². The molecule has 0 saturated heterocycles. The normalized spacial score (nSPS) is 11.4. The molecule has 0 radical (unpaired) electrons. The van der Waals surface area contributed by atoms with E-state index in [1.54, 1.807) is 24.5 Å². The molecule has 5 aromatic rings. The van der Waals surface area contributed by atoms with Crippen LogP contribution in [0.25, 0.3) is 33.5 Å². The monoisotopic (exact) mass is 448 g/mol. The molecule has 0 aliphatic carbocycles. The standard InChI is InChI=1S/C24H18F2N4O3/c1-2-32-21-10-4-15-13-19(16-3-9-20-27-11-12-29(20)14-16)23(31)30(22(15)28-21)17-5-7-18(8-6-17)33-24(25)26/h3-14,24H,2H2,1H3. The van der Waals surface area contributed by atoms with Crippen molar-refractivity contribution in [3.8, 4) is 28.4 Å². The highest BCUT2D eigenvalue weighted by molar-refractivity contribution is 5.83. The Morgan fingerprint density at radius 2 is 1.88 bits per heavy atom. The zero-order valence-corrected chi connectivity index (χ0v) is 17.5. The third-order valence-electron chi connectivity index (χ3n) is 5.14. The van der Waals surface area contributed by atoms with Crippen molar-refractivity contribution in [3.63, 3.8) is 0 Å². The number of alkyl halides is 2. The van der Waals surface area contributed by atoms with Crippen LogP contribution in [0, 0.1) is 0 Å². The molecule has 4 aromatic heterocycles. The number of hydrogen-bond acceptors (Lipinski definition) is 5. The molecule has 5 rings (SSSR count). The summed E-state index contributed by atoms with van der Waals surface area (Å²) in [6.07, 6.45) is 5.31. The predicted octanol–water partition coefficient (Wildman–Crippen LogP) is 4.70. The van der Waals surface area contributed by atoms with E-state index < -0.39 is 6.61 Å². The molecule has 0 amide bonds. The number of pyridine rings is 3. The largest absolute Gasteiger partial charge is 0.478 e. The molecule has 0 N–H and O–H groups in total. The fourth-order valence-corrected chi connectivity index (χ4v) is 3.70. The first-order valence-corrected chi connectivity index (χ1v) is 10.2. The van der Waals surface area contributed by atoms with Crippen LogP contribution >= 0.6 is 0 Å². The lowest BCUT2D eigenvalue weighted by Crippen LogP contribution is -2.21. The lowest BCUT2D eigenvalue weighted by Gasteiger charge is -2.14. The molecule has 33 heavy (non-hydrogen) atoms. The van der Waals surface area contributed by atoms with Gasteiger partial charge in [0.1, 0.15) is 11.4 Å². The molecule has 0 spiro atoms. The Balaban J connectivity index is 1.74. The lowest BCUT2D eigenvalue weighted by molar-refractivity contribution is -0.0498. The maximum atomic E-state index is 13.7. The van der Waals surface area contributed by atoms with Gasteiger partial charge in [-0.3, -0.25) is 9.36 Å². The van der Waals surface area contributed by atoms with Crippen molar-refractivity contribution < 1.29 is 18.3 Å². The quantitative estimate of drug-likeness (QED) is 0.377. The summed E-state index contributed by atoms with van der Waals surface area (Å²) in [5.41, 5.74) is 2.45. The second-order valence-corrected chi connectivity index (χ2v) is 7.18. The van der Waals surface area contributed by atoms with Crippen molar-refractivity contribution in [3.05, 3.63) is 83.5 Å². The Morgan fingerprint density at radius 3 is 2.64 bits per heavy atom. The summed E-state index contributed by atoms with van der Waals surface area (Å²) < 4.78 is 38.3. The third-order valence-corrected chi connectivity index (χ3v) is 5.14. The highest BCUT2D eigenvalue weighted by Gasteiger charge is 2.16. The van der Waals surface area contributed by atoms with E-state index in [9.17, 15) is 13.6 Å². The molecule has 0 bridgehead atoms. The van der Waals surface area contributed by atoms with Crippen molar-refractivity contribution in [1.82, 2.24) is 18.9 Å². The van der Waals surface area contributed by atoms with Crippen molar-refractivity contribution in [2.75, 3.05) is 6.61 Å². The Hall–Kier alpha value is -4.27. The number of hydrogen-bond donors (Lipinski definition) is 0. The highest BCUT2D eigenvalue weighted by Crippen LogP contribution is 2.26. The first-order chi connectivity index (χ1) is 16.0. The van der Waals surface area contributed by atoms with Crippen LogP contribution in [0.3, 0.4) is 0 Å². The van der Waals surface area contributed by atoms with E-state index in [-0.39, 0.29) is 11.3 Å². The number of ether oxygens (including phenoxy) is 2. The van der Waals surface area contributed by atoms with Crippen molar-refractivity contribution in [2.45, 2.75) is 13.5 Å². The number of fused-ring (bicyclic) bond motifs is 2. The highest BCUT2D eigenvalue weighted by atomic mass is 19.3. The van der Waals surface area contributed by atoms with Gasteiger partial charge in [0.05, 0.1) is 12.3 Å². The fraction of sp³-hybridized carbons (Fsp3) is 0.125. The van der Waals surface area contributed by atoms with Gasteiger partial charge in [0.2, 0.25) is 5.88 Å². The molecule has 0 fully saturated rings. The van der Waals surface area contributed by atoms with Crippen molar-refractivity contribution in [1.29, 1.82) is 0 Å². The summed E-state index contributed by atoms with van der Waals surface area (Å²) in [4.78, 5) is 22.5. The van der Waals surface area contributed by atoms with Crippen LogP contribution in [0.2, 0.25) is 0 Å². The molecule has 1 aromatic carbocycles. The number of benzene rings is 1. The van der Waals surface area contributed by atoms with E-state index in [0.717, 1.165) is 5.65 Å². The first kappa shape index (κ1) is 20.6. The van der Waals surface area contributed by atoms with E-state index in [0.29, 0.717) is 40.3 Å². The molecule has 0 unspecified atom stereocenters. The van der Waals surface area contributed by atoms with Crippen LogP contribution in [0.15, 0.2) is 78.0 Å². The van der Waals surface area contributed by atoms with Gasteiger partial charge < -0.3 is 13.9 Å². The van der Waals surface area contributed by atoms with Crippen LogP contribution in [0.4, 0.5) is 8.78 Å². The van der Waals surface area contributed by atoms with Gasteiger partial charge in [-0.15, -0.1) is 0 Å². The molecule has 0 aliphatic rings. The number of imidazole rings is 1. The molecular formula is C24H18F2N4O3. The molecule has 0 atom stereocenters. The van der Waals surface area contributed by atoms with Gasteiger partial charge >= 0.3 is 6.61 Å². The van der Waals surface area contributed by atoms with Gasteiger partial charge in [0, 0.05) is 41.2 Å². The summed E-state index contributed by atoms with van der Waals surface area (Å²) in [5, 5.41) is 0.715. The second kappa shape index (κ2) is 8.34. The zero-order valence-electron chi connectivity index (χ0n) is 17.5.